The van der Waals surface area contributed by atoms with Gasteiger partial charge in [-0.2, -0.15) is 0 Å². The third kappa shape index (κ3) is 2.90. The molecule has 0 unspecified atom stereocenters. The van der Waals surface area contributed by atoms with Crippen molar-refractivity contribution in [2.45, 2.75) is 24.8 Å². The van der Waals surface area contributed by atoms with Crippen molar-refractivity contribution in [3.05, 3.63) is 35.9 Å². The van der Waals surface area contributed by atoms with E-state index in [0.29, 0.717) is 5.69 Å². The van der Waals surface area contributed by atoms with Crippen molar-refractivity contribution in [3.63, 3.8) is 0 Å². The fourth-order valence-corrected chi connectivity index (χ4v) is 2.01. The van der Waals surface area contributed by atoms with Crippen LogP contribution in [0.5, 0.6) is 0 Å². The molecule has 1 amide bonds. The molecule has 4 N–H and O–H groups in total. The van der Waals surface area contributed by atoms with Gasteiger partial charge in [0, 0.05) is 11.8 Å². The summed E-state index contributed by atoms with van der Waals surface area (Å²) in [5, 5.41) is 12.1. The molecule has 0 aliphatic heterocycles. The topological polar surface area (TPSA) is 75.4 Å². The first-order chi connectivity index (χ1) is 8.63. The van der Waals surface area contributed by atoms with Gasteiger partial charge < -0.3 is 16.2 Å². The van der Waals surface area contributed by atoms with Gasteiger partial charge in [0.25, 0.3) is 0 Å². The van der Waals surface area contributed by atoms with Crippen LogP contribution in [0.1, 0.15) is 24.8 Å². The zero-order valence-corrected chi connectivity index (χ0v) is 10.2. The predicted octanol–water partition coefficient (Wildman–Crippen LogP) is 1.31. The molecule has 0 atom stereocenters. The Hall–Kier alpha value is -1.81. The molecule has 4 heteroatoms. The Bertz CT molecular complexity index is 442. The summed E-state index contributed by atoms with van der Waals surface area (Å²) >= 11 is 0. The lowest BCUT2D eigenvalue weighted by Gasteiger charge is -2.40. The summed E-state index contributed by atoms with van der Waals surface area (Å²) in [7, 11) is 0. The number of hydrogen-bond donors (Lipinski definition) is 3. The first kappa shape index (κ1) is 12.6. The number of aliphatic hydroxyl groups is 1. The Labute approximate surface area is 107 Å². The van der Waals surface area contributed by atoms with Crippen molar-refractivity contribution in [3.8, 4) is 0 Å². The number of benzene rings is 1. The molecule has 1 aliphatic rings. The maximum absolute atomic E-state index is 11.7. The molecular formula is C14H18N2O2. The highest BCUT2D eigenvalue weighted by Crippen LogP contribution is 2.31. The van der Waals surface area contributed by atoms with Gasteiger partial charge in [-0.25, -0.2) is 0 Å². The molecule has 0 heterocycles. The van der Waals surface area contributed by atoms with Crippen molar-refractivity contribution in [1.29, 1.82) is 0 Å². The minimum atomic E-state index is -0.386. The normalized spacial score (nSPS) is 17.4. The van der Waals surface area contributed by atoms with Gasteiger partial charge in [-0.3, -0.25) is 4.79 Å². The Balaban J connectivity index is 1.92. The van der Waals surface area contributed by atoms with Crippen LogP contribution in [0.4, 0.5) is 5.69 Å². The van der Waals surface area contributed by atoms with Crippen LogP contribution in [0.2, 0.25) is 0 Å². The number of nitrogens with two attached hydrogens (primary N) is 1. The van der Waals surface area contributed by atoms with E-state index in [0.717, 1.165) is 24.8 Å². The van der Waals surface area contributed by atoms with Crippen LogP contribution < -0.4 is 11.1 Å². The number of aliphatic hydroxyl groups excluding tert-OH is 1. The molecule has 0 spiro atoms. The summed E-state index contributed by atoms with van der Waals surface area (Å²) < 4.78 is 0. The van der Waals surface area contributed by atoms with Crippen LogP contribution in [0, 0.1) is 0 Å². The Morgan fingerprint density at radius 2 is 2.06 bits per heavy atom. The second kappa shape index (κ2) is 5.23. The monoisotopic (exact) mass is 246 g/mol. The number of nitrogen functional groups attached to an aromatic ring is 1. The molecule has 4 nitrogen and oxygen atoms in total. The number of rotatable bonds is 4. The largest absolute Gasteiger partial charge is 0.399 e. The maximum atomic E-state index is 11.7. The minimum Gasteiger partial charge on any atom is -0.399 e. The summed E-state index contributed by atoms with van der Waals surface area (Å²) in [6.07, 6.45) is 5.98. The molecule has 0 radical (unpaired) electrons. The van der Waals surface area contributed by atoms with Gasteiger partial charge in [0.2, 0.25) is 5.91 Å². The molecule has 1 fully saturated rings. The van der Waals surface area contributed by atoms with E-state index < -0.39 is 0 Å². The van der Waals surface area contributed by atoms with E-state index in [1.165, 1.54) is 6.08 Å². The average Bonchev–Trinajstić information content (AvgIpc) is 2.33. The molecule has 96 valence electrons. The molecule has 0 aromatic heterocycles. The molecule has 0 saturated heterocycles. The summed E-state index contributed by atoms with van der Waals surface area (Å²) in [6.45, 7) is 0.00838. The molecular weight excluding hydrogens is 228 g/mol. The third-order valence-corrected chi connectivity index (χ3v) is 3.37. The lowest BCUT2D eigenvalue weighted by atomic mass is 9.77. The molecule has 1 saturated carbocycles. The second-order valence-corrected chi connectivity index (χ2v) is 4.78. The highest BCUT2D eigenvalue weighted by atomic mass is 16.3. The summed E-state index contributed by atoms with van der Waals surface area (Å²) in [5.74, 6) is -0.166. The molecule has 1 aromatic carbocycles. The van der Waals surface area contributed by atoms with Gasteiger partial charge in [-0.05, 0) is 43.0 Å². The van der Waals surface area contributed by atoms with Crippen LogP contribution in [0.3, 0.4) is 0 Å². The van der Waals surface area contributed by atoms with E-state index in [-0.39, 0.29) is 18.1 Å². The lowest BCUT2D eigenvalue weighted by Crippen LogP contribution is -2.55. The van der Waals surface area contributed by atoms with Crippen LogP contribution in [0.15, 0.2) is 30.3 Å². The van der Waals surface area contributed by atoms with E-state index in [1.807, 2.05) is 12.1 Å². The second-order valence-electron chi connectivity index (χ2n) is 4.78. The quantitative estimate of drug-likeness (QED) is 0.554. The number of carbonyl (C=O) groups excluding carboxylic acids is 1. The van der Waals surface area contributed by atoms with E-state index in [9.17, 15) is 9.90 Å². The molecule has 2 rings (SSSR count). The fourth-order valence-electron chi connectivity index (χ4n) is 2.01. The van der Waals surface area contributed by atoms with E-state index in [2.05, 4.69) is 5.32 Å². The van der Waals surface area contributed by atoms with Gasteiger partial charge in [0.05, 0.1) is 12.1 Å². The predicted molar refractivity (Wildman–Crippen MR) is 71.7 cm³/mol. The SMILES string of the molecule is Nc1ccc(/C=C/C(=O)NC2(CO)CCC2)cc1. The molecule has 0 bridgehead atoms. The van der Waals surface area contributed by atoms with Crippen LogP contribution in [0.25, 0.3) is 6.08 Å². The first-order valence-electron chi connectivity index (χ1n) is 6.10. The lowest BCUT2D eigenvalue weighted by molar-refractivity contribution is -0.120. The van der Waals surface area contributed by atoms with Crippen LogP contribution >= 0.6 is 0 Å². The highest BCUT2D eigenvalue weighted by molar-refractivity contribution is 5.92. The Kier molecular flexibility index (Phi) is 3.67. The number of carbonyl (C=O) groups is 1. The van der Waals surface area contributed by atoms with Crippen molar-refractivity contribution in [1.82, 2.24) is 5.32 Å². The standard InChI is InChI=1S/C14H18N2O2/c15-12-5-2-11(3-6-12)4-7-13(18)16-14(10-17)8-1-9-14/h2-7,17H,1,8-10,15H2,(H,16,18)/b7-4+. The number of nitrogens with one attached hydrogen (secondary N) is 1. The minimum absolute atomic E-state index is 0.00838. The molecule has 1 aliphatic carbocycles. The van der Waals surface area contributed by atoms with Crippen LogP contribution in [-0.2, 0) is 4.79 Å². The zero-order valence-electron chi connectivity index (χ0n) is 10.2. The highest BCUT2D eigenvalue weighted by Gasteiger charge is 2.37. The summed E-state index contributed by atoms with van der Waals surface area (Å²) in [6, 6.07) is 7.28. The van der Waals surface area contributed by atoms with Gasteiger partial charge in [0.15, 0.2) is 0 Å². The maximum Gasteiger partial charge on any atom is 0.244 e. The Morgan fingerprint density at radius 3 is 2.56 bits per heavy atom. The number of amides is 1. The van der Waals surface area contributed by atoms with Crippen molar-refractivity contribution in [2.75, 3.05) is 12.3 Å². The summed E-state index contributed by atoms with van der Waals surface area (Å²) in [5.41, 5.74) is 6.81. The van der Waals surface area contributed by atoms with E-state index >= 15 is 0 Å². The van der Waals surface area contributed by atoms with E-state index in [1.54, 1.807) is 18.2 Å². The first-order valence-corrected chi connectivity index (χ1v) is 6.10. The smallest absolute Gasteiger partial charge is 0.244 e. The van der Waals surface area contributed by atoms with Crippen molar-refractivity contribution in [2.24, 2.45) is 0 Å². The van der Waals surface area contributed by atoms with Crippen molar-refractivity contribution >= 4 is 17.7 Å². The third-order valence-electron chi connectivity index (χ3n) is 3.37. The number of anilines is 1. The van der Waals surface area contributed by atoms with Crippen molar-refractivity contribution < 1.29 is 9.90 Å². The molecule has 18 heavy (non-hydrogen) atoms. The van der Waals surface area contributed by atoms with Gasteiger partial charge >= 0.3 is 0 Å². The van der Waals surface area contributed by atoms with Gasteiger partial charge in [-0.15, -0.1) is 0 Å². The average molecular weight is 246 g/mol. The van der Waals surface area contributed by atoms with Crippen LogP contribution in [-0.4, -0.2) is 23.2 Å². The Morgan fingerprint density at radius 1 is 1.39 bits per heavy atom. The summed E-state index contributed by atoms with van der Waals surface area (Å²) in [4.78, 5) is 11.7. The fraction of sp³-hybridized carbons (Fsp3) is 0.357. The number of hydrogen-bond acceptors (Lipinski definition) is 3. The van der Waals surface area contributed by atoms with E-state index in [4.69, 9.17) is 5.73 Å². The zero-order chi connectivity index (χ0) is 13.0. The van der Waals surface area contributed by atoms with Gasteiger partial charge in [0.1, 0.15) is 0 Å². The molecule has 1 aromatic rings. The van der Waals surface area contributed by atoms with Gasteiger partial charge in [-0.1, -0.05) is 12.1 Å².